The summed E-state index contributed by atoms with van der Waals surface area (Å²) in [4.78, 5) is 23.3. The normalized spacial score (nSPS) is 21.6. The van der Waals surface area contributed by atoms with Crippen LogP contribution in [0.25, 0.3) is 0 Å². The molecule has 1 aromatic rings. The SMILES string of the molecule is COc1ccc(COC/C=C/[C@@H]2[C@@H](O[Si](C)(C)C(C)(C)C)CC2(C=O)C=O)cc1. The molecule has 6 heteroatoms. The van der Waals surface area contributed by atoms with E-state index in [0.717, 1.165) is 23.9 Å². The van der Waals surface area contributed by atoms with Crippen molar-refractivity contribution in [3.63, 3.8) is 0 Å². The lowest BCUT2D eigenvalue weighted by Gasteiger charge is -2.51. The van der Waals surface area contributed by atoms with E-state index in [1.807, 2.05) is 36.4 Å². The van der Waals surface area contributed by atoms with E-state index in [9.17, 15) is 9.59 Å². The fraction of sp³-hybridized carbons (Fsp3) is 0.565. The average molecular weight is 419 g/mol. The van der Waals surface area contributed by atoms with Crippen LogP contribution in [0, 0.1) is 11.3 Å². The van der Waals surface area contributed by atoms with Crippen LogP contribution in [0.3, 0.4) is 0 Å². The third-order valence-corrected chi connectivity index (χ3v) is 10.8. The first kappa shape index (κ1) is 23.5. The minimum absolute atomic E-state index is 0.0728. The standard InChI is InChI=1S/C23H34O5Si/c1-22(2,3)29(5,6)28-21-14-23(16-24,17-25)20(21)8-7-13-27-15-18-9-11-19(26-4)12-10-18/h7-12,16-17,20-21H,13-15H2,1-6H3/b8-7+/t20-,21+/m1/s1. The van der Waals surface area contributed by atoms with E-state index in [1.54, 1.807) is 7.11 Å². The molecular formula is C23H34O5Si. The van der Waals surface area contributed by atoms with Gasteiger partial charge in [0.1, 0.15) is 18.3 Å². The van der Waals surface area contributed by atoms with Crippen molar-refractivity contribution in [3.05, 3.63) is 42.0 Å². The largest absolute Gasteiger partial charge is 0.497 e. The zero-order valence-electron chi connectivity index (χ0n) is 18.4. The van der Waals surface area contributed by atoms with E-state index in [-0.39, 0.29) is 17.1 Å². The highest BCUT2D eigenvalue weighted by molar-refractivity contribution is 6.74. The quantitative estimate of drug-likeness (QED) is 0.183. The number of hydrogen-bond donors (Lipinski definition) is 0. The van der Waals surface area contributed by atoms with Crippen LogP contribution in [0.1, 0.15) is 32.8 Å². The highest BCUT2D eigenvalue weighted by Crippen LogP contribution is 2.49. The molecule has 0 aliphatic heterocycles. The second-order valence-electron chi connectivity index (χ2n) is 9.29. The van der Waals surface area contributed by atoms with Crippen molar-refractivity contribution in [3.8, 4) is 5.75 Å². The van der Waals surface area contributed by atoms with E-state index in [0.29, 0.717) is 19.6 Å². The Hall–Kier alpha value is -1.76. The van der Waals surface area contributed by atoms with Crippen molar-refractivity contribution in [2.75, 3.05) is 13.7 Å². The molecule has 1 saturated carbocycles. The molecule has 1 aromatic carbocycles. The maximum Gasteiger partial charge on any atom is 0.192 e. The summed E-state index contributed by atoms with van der Waals surface area (Å²) in [5, 5.41) is 0.0728. The summed E-state index contributed by atoms with van der Waals surface area (Å²) in [5.41, 5.74) is 0.0802. The molecule has 1 aliphatic carbocycles. The molecule has 2 rings (SSSR count). The molecule has 2 atom stereocenters. The Kier molecular flexibility index (Phi) is 7.60. The number of carbonyl (C=O) groups is 2. The number of hydrogen-bond acceptors (Lipinski definition) is 5. The van der Waals surface area contributed by atoms with Gasteiger partial charge >= 0.3 is 0 Å². The van der Waals surface area contributed by atoms with E-state index >= 15 is 0 Å². The van der Waals surface area contributed by atoms with Crippen LogP contribution < -0.4 is 4.74 Å². The van der Waals surface area contributed by atoms with Gasteiger partial charge in [-0.15, -0.1) is 0 Å². The summed E-state index contributed by atoms with van der Waals surface area (Å²) in [5.74, 6) is 0.571. The Balaban J connectivity index is 1.95. The van der Waals surface area contributed by atoms with Gasteiger partial charge in [0.05, 0.1) is 31.8 Å². The Bertz CT molecular complexity index is 710. The van der Waals surface area contributed by atoms with E-state index in [2.05, 4.69) is 33.9 Å². The minimum Gasteiger partial charge on any atom is -0.497 e. The van der Waals surface area contributed by atoms with E-state index in [1.165, 1.54) is 0 Å². The van der Waals surface area contributed by atoms with Crippen molar-refractivity contribution < 1.29 is 23.5 Å². The van der Waals surface area contributed by atoms with Crippen molar-refractivity contribution in [1.82, 2.24) is 0 Å². The van der Waals surface area contributed by atoms with Gasteiger partial charge in [-0.3, -0.25) is 0 Å². The smallest absolute Gasteiger partial charge is 0.192 e. The van der Waals surface area contributed by atoms with Crippen LogP contribution in [0.5, 0.6) is 5.75 Å². The number of benzene rings is 1. The van der Waals surface area contributed by atoms with Gasteiger partial charge in [0, 0.05) is 5.92 Å². The molecule has 0 unspecified atom stereocenters. The van der Waals surface area contributed by atoms with Gasteiger partial charge in [-0.2, -0.15) is 0 Å². The summed E-state index contributed by atoms with van der Waals surface area (Å²) < 4.78 is 17.3. The Morgan fingerprint density at radius 2 is 1.76 bits per heavy atom. The van der Waals surface area contributed by atoms with Crippen LogP contribution >= 0.6 is 0 Å². The molecule has 0 N–H and O–H groups in total. The Morgan fingerprint density at radius 1 is 1.14 bits per heavy atom. The summed E-state index contributed by atoms with van der Waals surface area (Å²) >= 11 is 0. The number of methoxy groups -OCH3 is 1. The van der Waals surface area contributed by atoms with Gasteiger partial charge < -0.3 is 23.5 Å². The first-order chi connectivity index (χ1) is 13.6. The fourth-order valence-corrected chi connectivity index (χ4v) is 4.56. The molecule has 0 saturated heterocycles. The third-order valence-electron chi connectivity index (χ3n) is 6.25. The van der Waals surface area contributed by atoms with E-state index in [4.69, 9.17) is 13.9 Å². The number of ether oxygens (including phenoxy) is 2. The zero-order chi connectivity index (χ0) is 21.7. The van der Waals surface area contributed by atoms with Crippen molar-refractivity contribution >= 4 is 20.9 Å². The molecule has 1 fully saturated rings. The number of rotatable bonds is 10. The molecule has 0 aromatic heterocycles. The lowest BCUT2D eigenvalue weighted by atomic mass is 9.59. The lowest BCUT2D eigenvalue weighted by Crippen LogP contribution is -2.58. The molecule has 1 aliphatic rings. The second kappa shape index (κ2) is 9.37. The lowest BCUT2D eigenvalue weighted by molar-refractivity contribution is -0.146. The molecule has 0 bridgehead atoms. The van der Waals surface area contributed by atoms with Gasteiger partial charge in [-0.25, -0.2) is 0 Å². The zero-order valence-corrected chi connectivity index (χ0v) is 19.4. The molecule has 29 heavy (non-hydrogen) atoms. The number of carbonyl (C=O) groups excluding carboxylic acids is 2. The van der Waals surface area contributed by atoms with Crippen LogP contribution in [-0.4, -0.2) is 40.7 Å². The van der Waals surface area contributed by atoms with Crippen molar-refractivity contribution in [1.29, 1.82) is 0 Å². The highest BCUT2D eigenvalue weighted by atomic mass is 28.4. The van der Waals surface area contributed by atoms with Gasteiger partial charge in [0.15, 0.2) is 8.32 Å². The van der Waals surface area contributed by atoms with Crippen LogP contribution in [-0.2, 0) is 25.4 Å². The molecule has 0 radical (unpaired) electrons. The molecule has 0 amide bonds. The molecule has 5 nitrogen and oxygen atoms in total. The maximum absolute atomic E-state index is 11.6. The topological polar surface area (TPSA) is 61.8 Å². The minimum atomic E-state index is -1.98. The highest BCUT2D eigenvalue weighted by Gasteiger charge is 2.56. The third kappa shape index (κ3) is 5.44. The summed E-state index contributed by atoms with van der Waals surface area (Å²) in [7, 11) is -0.345. The summed E-state index contributed by atoms with van der Waals surface area (Å²) in [6, 6.07) is 7.71. The van der Waals surface area contributed by atoms with Crippen LogP contribution in [0.15, 0.2) is 36.4 Å². The first-order valence-corrected chi connectivity index (χ1v) is 13.0. The average Bonchev–Trinajstić information content (AvgIpc) is 2.67. The van der Waals surface area contributed by atoms with Gasteiger partial charge in [-0.1, -0.05) is 45.1 Å². The fourth-order valence-electron chi connectivity index (χ4n) is 3.22. The summed E-state index contributed by atoms with van der Waals surface area (Å²) in [6.45, 7) is 11.8. The second-order valence-corrected chi connectivity index (χ2v) is 14.0. The van der Waals surface area contributed by atoms with Crippen LogP contribution in [0.4, 0.5) is 0 Å². The maximum atomic E-state index is 11.6. The van der Waals surface area contributed by atoms with Crippen molar-refractivity contribution in [2.45, 2.75) is 58.0 Å². The van der Waals surface area contributed by atoms with Gasteiger partial charge in [-0.05, 0) is 42.2 Å². The van der Waals surface area contributed by atoms with Gasteiger partial charge in [0.25, 0.3) is 0 Å². The number of aldehydes is 2. The Labute approximate surface area is 175 Å². The molecule has 0 heterocycles. The Morgan fingerprint density at radius 3 is 2.28 bits per heavy atom. The monoisotopic (exact) mass is 418 g/mol. The predicted octanol–water partition coefficient (Wildman–Crippen LogP) is 4.56. The predicted molar refractivity (Wildman–Crippen MR) is 117 cm³/mol. The molecular weight excluding hydrogens is 384 g/mol. The van der Waals surface area contributed by atoms with E-state index < -0.39 is 13.7 Å². The molecule has 160 valence electrons. The van der Waals surface area contributed by atoms with Crippen LogP contribution in [0.2, 0.25) is 18.1 Å². The summed E-state index contributed by atoms with van der Waals surface area (Å²) in [6.07, 6.45) is 5.70. The first-order valence-electron chi connectivity index (χ1n) is 10.1. The van der Waals surface area contributed by atoms with Crippen molar-refractivity contribution in [2.24, 2.45) is 11.3 Å². The van der Waals surface area contributed by atoms with Gasteiger partial charge in [0.2, 0.25) is 0 Å². The molecule has 0 spiro atoms.